The summed E-state index contributed by atoms with van der Waals surface area (Å²) in [7, 11) is 8.17. The summed E-state index contributed by atoms with van der Waals surface area (Å²) in [6, 6.07) is 28.3. The number of hydrogen-bond acceptors (Lipinski definition) is 7. The molecule has 1 aliphatic rings. The molecular formula is C35H39NO6. The van der Waals surface area contributed by atoms with Gasteiger partial charge in [-0.15, -0.1) is 0 Å². The van der Waals surface area contributed by atoms with E-state index >= 15 is 0 Å². The highest BCUT2D eigenvalue weighted by Crippen LogP contribution is 2.49. The molecule has 1 heterocycles. The van der Waals surface area contributed by atoms with Crippen molar-refractivity contribution in [2.24, 2.45) is 0 Å². The van der Waals surface area contributed by atoms with Gasteiger partial charge < -0.3 is 28.8 Å². The quantitative estimate of drug-likeness (QED) is 0.237. The molecule has 1 N–H and O–H groups in total. The summed E-state index contributed by atoms with van der Waals surface area (Å²) in [5.41, 5.74) is 5.45. The number of fused-ring (bicyclic) bond motifs is 1. The highest BCUT2D eigenvalue weighted by molar-refractivity contribution is 5.58. The molecule has 220 valence electrons. The molecule has 0 unspecified atom stereocenters. The maximum absolute atomic E-state index is 11.0. The maximum atomic E-state index is 11.0. The molecule has 7 heteroatoms. The Balaban J connectivity index is 1.79. The molecule has 1 aliphatic heterocycles. The smallest absolute Gasteiger partial charge is 0.203 e. The SMILES string of the molecule is COc1cc2c(cc1OC)[C@H](c1cc(OC)c(OC)c(OC)c1)N([C@@H](CO)c1ccccc1)[C@@H](Cc1ccccc1)C2. The van der Waals surface area contributed by atoms with Crippen LogP contribution < -0.4 is 23.7 Å². The Kier molecular flexibility index (Phi) is 9.20. The van der Waals surface area contributed by atoms with E-state index in [2.05, 4.69) is 53.4 Å². The van der Waals surface area contributed by atoms with E-state index in [4.69, 9.17) is 23.7 Å². The Morgan fingerprint density at radius 2 is 1.29 bits per heavy atom. The highest BCUT2D eigenvalue weighted by Gasteiger charge is 2.41. The monoisotopic (exact) mass is 569 g/mol. The van der Waals surface area contributed by atoms with Gasteiger partial charge in [0.1, 0.15) is 0 Å². The van der Waals surface area contributed by atoms with Crippen LogP contribution in [0.4, 0.5) is 0 Å². The first-order chi connectivity index (χ1) is 20.6. The lowest BCUT2D eigenvalue weighted by atomic mass is 9.80. The third kappa shape index (κ3) is 5.62. The van der Waals surface area contributed by atoms with Crippen LogP contribution in [0, 0.1) is 0 Å². The zero-order chi connectivity index (χ0) is 29.6. The van der Waals surface area contributed by atoms with Crippen molar-refractivity contribution in [1.29, 1.82) is 0 Å². The predicted molar refractivity (Wildman–Crippen MR) is 163 cm³/mol. The van der Waals surface area contributed by atoms with Crippen LogP contribution in [0.3, 0.4) is 0 Å². The molecule has 0 saturated heterocycles. The molecule has 7 nitrogen and oxygen atoms in total. The van der Waals surface area contributed by atoms with Crippen molar-refractivity contribution in [1.82, 2.24) is 4.90 Å². The van der Waals surface area contributed by atoms with Gasteiger partial charge >= 0.3 is 0 Å². The van der Waals surface area contributed by atoms with Crippen LogP contribution in [0.5, 0.6) is 28.7 Å². The fourth-order valence-corrected chi connectivity index (χ4v) is 6.25. The van der Waals surface area contributed by atoms with Gasteiger partial charge in [0.25, 0.3) is 0 Å². The number of aliphatic hydroxyl groups excluding tert-OH is 1. The molecule has 0 fully saturated rings. The van der Waals surface area contributed by atoms with Crippen LogP contribution in [0.1, 0.15) is 39.9 Å². The first kappa shape index (κ1) is 29.3. The Bertz CT molecular complexity index is 1450. The summed E-state index contributed by atoms with van der Waals surface area (Å²) in [5.74, 6) is 3.00. The normalized spacial score (nSPS) is 17.2. The van der Waals surface area contributed by atoms with Gasteiger partial charge in [0.05, 0.1) is 54.2 Å². The van der Waals surface area contributed by atoms with E-state index in [1.807, 2.05) is 36.4 Å². The molecule has 0 aliphatic carbocycles. The first-order valence-electron chi connectivity index (χ1n) is 14.1. The van der Waals surface area contributed by atoms with Gasteiger partial charge in [0.15, 0.2) is 23.0 Å². The van der Waals surface area contributed by atoms with Gasteiger partial charge in [0.2, 0.25) is 5.75 Å². The largest absolute Gasteiger partial charge is 0.493 e. The second kappa shape index (κ2) is 13.2. The van der Waals surface area contributed by atoms with Gasteiger partial charge in [-0.25, -0.2) is 0 Å². The zero-order valence-corrected chi connectivity index (χ0v) is 24.9. The van der Waals surface area contributed by atoms with E-state index in [0.29, 0.717) is 28.7 Å². The van der Waals surface area contributed by atoms with Crippen molar-refractivity contribution in [3.05, 3.63) is 113 Å². The van der Waals surface area contributed by atoms with Crippen molar-refractivity contribution in [3.8, 4) is 28.7 Å². The van der Waals surface area contributed by atoms with E-state index in [0.717, 1.165) is 35.1 Å². The van der Waals surface area contributed by atoms with Gasteiger partial charge in [-0.05, 0) is 64.9 Å². The minimum Gasteiger partial charge on any atom is -0.493 e. The van der Waals surface area contributed by atoms with Gasteiger partial charge in [0, 0.05) is 6.04 Å². The van der Waals surface area contributed by atoms with Crippen LogP contribution in [0.25, 0.3) is 0 Å². The van der Waals surface area contributed by atoms with E-state index < -0.39 is 0 Å². The molecule has 4 aromatic rings. The van der Waals surface area contributed by atoms with Crippen molar-refractivity contribution in [2.75, 3.05) is 42.2 Å². The summed E-state index contributed by atoms with van der Waals surface area (Å²) >= 11 is 0. The summed E-state index contributed by atoms with van der Waals surface area (Å²) < 4.78 is 28.8. The summed E-state index contributed by atoms with van der Waals surface area (Å²) in [4.78, 5) is 2.44. The van der Waals surface area contributed by atoms with Crippen molar-refractivity contribution < 1.29 is 28.8 Å². The number of nitrogens with zero attached hydrogens (tertiary/aromatic N) is 1. The molecule has 4 aromatic carbocycles. The fraction of sp³-hybridized carbons (Fsp3) is 0.314. The number of rotatable bonds is 11. The Labute approximate surface area is 248 Å². The molecule has 5 rings (SSSR count). The van der Waals surface area contributed by atoms with Gasteiger partial charge in [-0.1, -0.05) is 60.7 Å². The average molecular weight is 570 g/mol. The van der Waals surface area contributed by atoms with Gasteiger partial charge in [-0.3, -0.25) is 4.90 Å². The third-order valence-electron chi connectivity index (χ3n) is 8.15. The summed E-state index contributed by atoms with van der Waals surface area (Å²) in [5, 5.41) is 11.0. The lowest BCUT2D eigenvalue weighted by Crippen LogP contribution is -2.48. The molecule has 0 amide bonds. The van der Waals surface area contributed by atoms with Crippen LogP contribution in [-0.4, -0.2) is 58.2 Å². The molecule has 0 spiro atoms. The second-order valence-electron chi connectivity index (χ2n) is 10.4. The molecule has 3 atom stereocenters. The van der Waals surface area contributed by atoms with Crippen molar-refractivity contribution in [3.63, 3.8) is 0 Å². The van der Waals surface area contributed by atoms with E-state index in [1.165, 1.54) is 5.56 Å². The number of ether oxygens (including phenoxy) is 5. The standard InChI is InChI=1S/C35H39NO6/c1-38-30-18-25-17-27(16-23-12-8-6-9-13-23)36(29(22-37)24-14-10-7-11-15-24)34(28(25)21-31(30)39-2)26-19-32(40-3)35(42-5)33(20-26)41-4/h6-15,18-21,27,29,34,37H,16-17,22H2,1-5H3/t27-,29-,34-/m0/s1. The van der Waals surface area contributed by atoms with Crippen LogP contribution in [0.2, 0.25) is 0 Å². The zero-order valence-electron chi connectivity index (χ0n) is 24.9. The highest BCUT2D eigenvalue weighted by atomic mass is 16.5. The van der Waals surface area contributed by atoms with Crippen molar-refractivity contribution >= 4 is 0 Å². The maximum Gasteiger partial charge on any atom is 0.203 e. The predicted octanol–water partition coefficient (Wildman–Crippen LogP) is 6.02. The van der Waals surface area contributed by atoms with Crippen molar-refractivity contribution in [2.45, 2.75) is 31.0 Å². The van der Waals surface area contributed by atoms with Crippen LogP contribution in [-0.2, 0) is 12.8 Å². The molecule has 0 bridgehead atoms. The average Bonchev–Trinajstić information content (AvgIpc) is 3.04. The number of methoxy groups -OCH3 is 5. The summed E-state index contributed by atoms with van der Waals surface area (Å²) in [6.07, 6.45) is 1.55. The third-order valence-corrected chi connectivity index (χ3v) is 8.15. The lowest BCUT2D eigenvalue weighted by Gasteiger charge is -2.48. The number of benzene rings is 4. The second-order valence-corrected chi connectivity index (χ2v) is 10.4. The van der Waals surface area contributed by atoms with E-state index in [-0.39, 0.29) is 24.7 Å². The summed E-state index contributed by atoms with van der Waals surface area (Å²) in [6.45, 7) is -0.0567. The molecule has 0 radical (unpaired) electrons. The topological polar surface area (TPSA) is 69.6 Å². The fourth-order valence-electron chi connectivity index (χ4n) is 6.25. The van der Waals surface area contributed by atoms with E-state index in [1.54, 1.807) is 35.5 Å². The number of aliphatic hydroxyl groups is 1. The minimum absolute atomic E-state index is 0.0412. The molecule has 0 saturated carbocycles. The Morgan fingerprint density at radius 1 is 0.714 bits per heavy atom. The molecule has 42 heavy (non-hydrogen) atoms. The number of hydrogen-bond donors (Lipinski definition) is 1. The Morgan fingerprint density at radius 3 is 1.83 bits per heavy atom. The Hall–Kier alpha value is -4.20. The molecular weight excluding hydrogens is 530 g/mol. The first-order valence-corrected chi connectivity index (χ1v) is 14.1. The molecule has 0 aromatic heterocycles. The van der Waals surface area contributed by atoms with Gasteiger partial charge in [-0.2, -0.15) is 0 Å². The minimum atomic E-state index is -0.287. The lowest BCUT2D eigenvalue weighted by molar-refractivity contribution is 0.0447. The van der Waals surface area contributed by atoms with Crippen LogP contribution >= 0.6 is 0 Å². The van der Waals surface area contributed by atoms with E-state index in [9.17, 15) is 5.11 Å². The van der Waals surface area contributed by atoms with Crippen LogP contribution in [0.15, 0.2) is 84.9 Å².